The van der Waals surface area contributed by atoms with E-state index in [0.29, 0.717) is 5.69 Å². The van der Waals surface area contributed by atoms with Gasteiger partial charge in [-0.3, -0.25) is 14.5 Å². The maximum atomic E-state index is 12.9. The molecule has 0 aliphatic carbocycles. The zero-order valence-corrected chi connectivity index (χ0v) is 14.6. The lowest BCUT2D eigenvalue weighted by Gasteiger charge is -2.19. The molecule has 0 saturated heterocycles. The molecule has 2 amide bonds. The Morgan fingerprint density at radius 3 is 2.00 bits per heavy atom. The van der Waals surface area contributed by atoms with Crippen LogP contribution >= 0.6 is 0 Å². The molecule has 1 atom stereocenters. The number of amides is 2. The van der Waals surface area contributed by atoms with Crippen molar-refractivity contribution in [2.75, 3.05) is 25.5 Å². The van der Waals surface area contributed by atoms with Gasteiger partial charge in [0.15, 0.2) is 0 Å². The largest absolute Gasteiger partial charge is 0.348 e. The molecular formula is C19H21F2N3O2. The maximum Gasteiger partial charge on any atom is 0.238 e. The summed E-state index contributed by atoms with van der Waals surface area (Å²) in [6.07, 6.45) is 0. The quantitative estimate of drug-likeness (QED) is 0.797. The van der Waals surface area contributed by atoms with E-state index in [2.05, 4.69) is 10.6 Å². The molecule has 26 heavy (non-hydrogen) atoms. The van der Waals surface area contributed by atoms with E-state index < -0.39 is 0 Å². The van der Waals surface area contributed by atoms with Crippen molar-refractivity contribution >= 4 is 17.5 Å². The van der Waals surface area contributed by atoms with Gasteiger partial charge in [0.05, 0.1) is 19.1 Å². The summed E-state index contributed by atoms with van der Waals surface area (Å²) in [5, 5.41) is 5.43. The minimum absolute atomic E-state index is 0.00965. The van der Waals surface area contributed by atoms with E-state index in [9.17, 15) is 18.4 Å². The molecule has 0 aliphatic heterocycles. The summed E-state index contributed by atoms with van der Waals surface area (Å²) in [6, 6.07) is 11.1. The van der Waals surface area contributed by atoms with Crippen LogP contribution in [0.3, 0.4) is 0 Å². The summed E-state index contributed by atoms with van der Waals surface area (Å²) < 4.78 is 25.8. The van der Waals surface area contributed by atoms with E-state index in [0.717, 1.165) is 5.56 Å². The first-order chi connectivity index (χ1) is 12.3. The summed E-state index contributed by atoms with van der Waals surface area (Å²) >= 11 is 0. The second-order valence-corrected chi connectivity index (χ2v) is 6.07. The molecule has 0 aromatic heterocycles. The summed E-state index contributed by atoms with van der Waals surface area (Å²) in [6.45, 7) is 1.84. The molecule has 2 aromatic carbocycles. The van der Waals surface area contributed by atoms with Crippen molar-refractivity contribution < 1.29 is 18.4 Å². The van der Waals surface area contributed by atoms with Crippen molar-refractivity contribution in [1.82, 2.24) is 10.2 Å². The SMILES string of the molecule is CC(NC(=O)CN(C)CC(=O)Nc1ccc(F)cc1)c1ccc(F)cc1. The maximum absolute atomic E-state index is 12.9. The third-order valence-corrected chi connectivity index (χ3v) is 3.70. The summed E-state index contributed by atoms with van der Waals surface area (Å²) in [7, 11) is 1.65. The van der Waals surface area contributed by atoms with E-state index in [1.165, 1.54) is 36.4 Å². The van der Waals surface area contributed by atoms with Gasteiger partial charge in [-0.05, 0) is 55.9 Å². The van der Waals surface area contributed by atoms with E-state index in [4.69, 9.17) is 0 Å². The fraction of sp³-hybridized carbons (Fsp3) is 0.263. The van der Waals surface area contributed by atoms with Crippen LogP contribution in [0.15, 0.2) is 48.5 Å². The lowest BCUT2D eigenvalue weighted by Crippen LogP contribution is -2.39. The molecule has 2 N–H and O–H groups in total. The molecule has 0 bridgehead atoms. The smallest absolute Gasteiger partial charge is 0.238 e. The Kier molecular flexibility index (Phi) is 6.80. The number of rotatable bonds is 7. The number of likely N-dealkylation sites (N-methyl/N-ethyl adjacent to an activating group) is 1. The van der Waals surface area contributed by atoms with Crippen LogP contribution in [0.4, 0.5) is 14.5 Å². The van der Waals surface area contributed by atoms with Crippen molar-refractivity contribution in [2.45, 2.75) is 13.0 Å². The van der Waals surface area contributed by atoms with Crippen molar-refractivity contribution in [3.8, 4) is 0 Å². The van der Waals surface area contributed by atoms with Gasteiger partial charge >= 0.3 is 0 Å². The topological polar surface area (TPSA) is 61.4 Å². The van der Waals surface area contributed by atoms with Gasteiger partial charge in [-0.2, -0.15) is 0 Å². The van der Waals surface area contributed by atoms with Gasteiger partial charge in [0, 0.05) is 5.69 Å². The van der Waals surface area contributed by atoms with Crippen molar-refractivity contribution in [3.63, 3.8) is 0 Å². The number of carbonyl (C=O) groups excluding carboxylic acids is 2. The van der Waals surface area contributed by atoms with Crippen LogP contribution in [0, 0.1) is 11.6 Å². The molecule has 1 unspecified atom stereocenters. The lowest BCUT2D eigenvalue weighted by atomic mass is 10.1. The number of halogens is 2. The molecule has 0 fully saturated rings. The Morgan fingerprint density at radius 1 is 0.923 bits per heavy atom. The minimum atomic E-state index is -0.382. The third-order valence-electron chi connectivity index (χ3n) is 3.70. The highest BCUT2D eigenvalue weighted by Crippen LogP contribution is 2.12. The number of benzene rings is 2. The predicted molar refractivity (Wildman–Crippen MR) is 95.5 cm³/mol. The summed E-state index contributed by atoms with van der Waals surface area (Å²) in [5.41, 5.74) is 1.27. The molecular weight excluding hydrogens is 340 g/mol. The highest BCUT2D eigenvalue weighted by molar-refractivity contribution is 5.92. The lowest BCUT2D eigenvalue weighted by molar-refractivity contribution is -0.123. The number of hydrogen-bond acceptors (Lipinski definition) is 3. The monoisotopic (exact) mass is 361 g/mol. The Balaban J connectivity index is 1.78. The van der Waals surface area contributed by atoms with Gasteiger partial charge in [-0.15, -0.1) is 0 Å². The Bertz CT molecular complexity index is 748. The Labute approximate surface area is 151 Å². The van der Waals surface area contributed by atoms with Gasteiger partial charge in [-0.1, -0.05) is 12.1 Å². The van der Waals surface area contributed by atoms with Gasteiger partial charge in [0.2, 0.25) is 11.8 Å². The first-order valence-corrected chi connectivity index (χ1v) is 8.12. The molecule has 7 heteroatoms. The van der Waals surface area contributed by atoms with Crippen LogP contribution in [0.25, 0.3) is 0 Å². The van der Waals surface area contributed by atoms with Crippen LogP contribution in [0.2, 0.25) is 0 Å². The van der Waals surface area contributed by atoms with Crippen molar-refractivity contribution in [2.24, 2.45) is 0 Å². The normalized spacial score (nSPS) is 11.9. The van der Waals surface area contributed by atoms with Crippen LogP contribution < -0.4 is 10.6 Å². The van der Waals surface area contributed by atoms with E-state index in [1.54, 1.807) is 31.0 Å². The van der Waals surface area contributed by atoms with Gasteiger partial charge < -0.3 is 10.6 Å². The fourth-order valence-corrected chi connectivity index (χ4v) is 2.40. The van der Waals surface area contributed by atoms with Crippen molar-refractivity contribution in [1.29, 1.82) is 0 Å². The highest BCUT2D eigenvalue weighted by atomic mass is 19.1. The van der Waals surface area contributed by atoms with E-state index in [-0.39, 0.29) is 42.6 Å². The Hall–Kier alpha value is -2.80. The Morgan fingerprint density at radius 2 is 1.42 bits per heavy atom. The molecule has 0 aliphatic rings. The van der Waals surface area contributed by atoms with E-state index >= 15 is 0 Å². The molecule has 0 spiro atoms. The van der Waals surface area contributed by atoms with Crippen LogP contribution in [-0.4, -0.2) is 36.9 Å². The molecule has 2 aromatic rings. The van der Waals surface area contributed by atoms with E-state index in [1.807, 2.05) is 0 Å². The average molecular weight is 361 g/mol. The number of carbonyl (C=O) groups is 2. The second-order valence-electron chi connectivity index (χ2n) is 6.07. The number of hydrogen-bond donors (Lipinski definition) is 2. The molecule has 5 nitrogen and oxygen atoms in total. The molecule has 0 heterocycles. The number of nitrogens with one attached hydrogen (secondary N) is 2. The fourth-order valence-electron chi connectivity index (χ4n) is 2.40. The van der Waals surface area contributed by atoms with Crippen molar-refractivity contribution in [3.05, 3.63) is 65.7 Å². The van der Waals surface area contributed by atoms with Gasteiger partial charge in [0.1, 0.15) is 11.6 Å². The van der Waals surface area contributed by atoms with Gasteiger partial charge in [-0.25, -0.2) is 8.78 Å². The number of nitrogens with zero attached hydrogens (tertiary/aromatic N) is 1. The van der Waals surface area contributed by atoms with Gasteiger partial charge in [0.25, 0.3) is 0 Å². The first-order valence-electron chi connectivity index (χ1n) is 8.12. The zero-order valence-electron chi connectivity index (χ0n) is 14.6. The minimum Gasteiger partial charge on any atom is -0.348 e. The number of anilines is 1. The first kappa shape index (κ1) is 19.5. The highest BCUT2D eigenvalue weighted by Gasteiger charge is 2.14. The van der Waals surface area contributed by atoms with Crippen LogP contribution in [0.1, 0.15) is 18.5 Å². The molecule has 138 valence electrons. The summed E-state index contributed by atoms with van der Waals surface area (Å²) in [4.78, 5) is 25.6. The second kappa shape index (κ2) is 9.05. The third kappa shape index (κ3) is 6.25. The predicted octanol–water partition coefficient (Wildman–Crippen LogP) is 2.71. The summed E-state index contributed by atoms with van der Waals surface area (Å²) in [5.74, 6) is -1.27. The average Bonchev–Trinajstić information content (AvgIpc) is 2.57. The van der Waals surface area contributed by atoms with Crippen LogP contribution in [-0.2, 0) is 9.59 Å². The zero-order chi connectivity index (χ0) is 19.1. The molecule has 0 saturated carbocycles. The van der Waals surface area contributed by atoms with Crippen LogP contribution in [0.5, 0.6) is 0 Å². The molecule has 2 rings (SSSR count). The molecule has 0 radical (unpaired) electrons. The standard InChI is InChI=1S/C19H21F2N3O2/c1-13(14-3-5-15(20)6-4-14)22-18(25)11-24(2)12-19(26)23-17-9-7-16(21)8-10-17/h3-10,13H,11-12H2,1-2H3,(H,22,25)(H,23,26).